The zero-order valence-corrected chi connectivity index (χ0v) is 9.26. The fourth-order valence-electron chi connectivity index (χ4n) is 1.10. The highest BCUT2D eigenvalue weighted by Gasteiger charge is 1.96. The van der Waals surface area contributed by atoms with Gasteiger partial charge in [-0.2, -0.15) is 0 Å². The van der Waals surface area contributed by atoms with Gasteiger partial charge in [0.25, 0.3) is 0 Å². The van der Waals surface area contributed by atoms with Crippen LogP contribution in [0.15, 0.2) is 29.2 Å². The molecule has 0 radical (unpaired) electrons. The molecule has 0 N–H and O–H groups in total. The maximum atomic E-state index is 10.5. The summed E-state index contributed by atoms with van der Waals surface area (Å²) in [6.45, 7) is 1.89. The average Bonchev–Trinajstić information content (AvgIpc) is 2.18. The summed E-state index contributed by atoms with van der Waals surface area (Å²) in [5.41, 5.74) is 1.20. The number of rotatable bonds is 4. The minimum atomic E-state index is -0.217. The number of carbonyl (C=O) groups excluding carboxylic acids is 1. The van der Waals surface area contributed by atoms with Gasteiger partial charge in [0.2, 0.25) is 0 Å². The Morgan fingerprint density at radius 2 is 2.00 bits per heavy atom. The van der Waals surface area contributed by atoms with Crippen molar-refractivity contribution >= 4 is 17.7 Å². The van der Waals surface area contributed by atoms with Crippen molar-refractivity contribution in [3.63, 3.8) is 0 Å². The van der Waals surface area contributed by atoms with Crippen molar-refractivity contribution in [1.29, 1.82) is 0 Å². The smallest absolute Gasteiger partial charge is 0.302 e. The molecule has 0 saturated carbocycles. The largest absolute Gasteiger partial charge is 0.466 e. The predicted molar refractivity (Wildman–Crippen MR) is 58.6 cm³/mol. The summed E-state index contributed by atoms with van der Waals surface area (Å²) in [5, 5.41) is 0. The molecule has 3 heteroatoms. The normalized spacial score (nSPS) is 9.86. The van der Waals surface area contributed by atoms with Crippen molar-refractivity contribution in [1.82, 2.24) is 0 Å². The van der Waals surface area contributed by atoms with E-state index in [1.54, 1.807) is 11.8 Å². The quantitative estimate of drug-likeness (QED) is 0.564. The van der Waals surface area contributed by atoms with Crippen LogP contribution in [0.1, 0.15) is 12.5 Å². The Balaban J connectivity index is 2.40. The molecule has 0 aliphatic carbocycles. The molecule has 0 unspecified atom stereocenters. The first-order chi connectivity index (χ1) is 6.72. The summed E-state index contributed by atoms with van der Waals surface area (Å²) >= 11 is 1.72. The Bertz CT molecular complexity index is 293. The highest BCUT2D eigenvalue weighted by molar-refractivity contribution is 7.98. The Morgan fingerprint density at radius 1 is 1.36 bits per heavy atom. The first kappa shape index (κ1) is 11.1. The van der Waals surface area contributed by atoms with Gasteiger partial charge in [0, 0.05) is 18.2 Å². The van der Waals surface area contributed by atoms with Gasteiger partial charge in [-0.15, -0.1) is 11.8 Å². The van der Waals surface area contributed by atoms with Crippen molar-refractivity contribution in [3.05, 3.63) is 29.8 Å². The van der Waals surface area contributed by atoms with Crippen molar-refractivity contribution in [2.24, 2.45) is 0 Å². The van der Waals surface area contributed by atoms with Crippen molar-refractivity contribution in [2.75, 3.05) is 12.9 Å². The maximum absolute atomic E-state index is 10.5. The Kier molecular flexibility index (Phi) is 4.53. The topological polar surface area (TPSA) is 26.3 Å². The summed E-state index contributed by atoms with van der Waals surface area (Å²) in [6, 6.07) is 8.28. The molecule has 14 heavy (non-hydrogen) atoms. The minimum Gasteiger partial charge on any atom is -0.466 e. The highest BCUT2D eigenvalue weighted by Crippen LogP contribution is 2.14. The molecule has 0 aliphatic heterocycles. The molecular formula is C11H14O2S. The summed E-state index contributed by atoms with van der Waals surface area (Å²) in [6.07, 6.45) is 2.84. The summed E-state index contributed by atoms with van der Waals surface area (Å²) in [4.78, 5) is 11.8. The first-order valence-electron chi connectivity index (χ1n) is 4.48. The lowest BCUT2D eigenvalue weighted by Gasteiger charge is -2.02. The fourth-order valence-corrected chi connectivity index (χ4v) is 1.51. The minimum absolute atomic E-state index is 0.217. The van der Waals surface area contributed by atoms with E-state index in [1.807, 2.05) is 6.26 Å². The number of ether oxygens (including phenoxy) is 1. The van der Waals surface area contributed by atoms with E-state index >= 15 is 0 Å². The Labute approximate surface area is 88.7 Å². The lowest BCUT2D eigenvalue weighted by Crippen LogP contribution is -2.02. The third-order valence-electron chi connectivity index (χ3n) is 1.86. The molecule has 0 amide bonds. The van der Waals surface area contributed by atoms with E-state index in [9.17, 15) is 4.79 Å². The second-order valence-corrected chi connectivity index (χ2v) is 3.82. The summed E-state index contributed by atoms with van der Waals surface area (Å²) in [5.74, 6) is -0.217. The van der Waals surface area contributed by atoms with Gasteiger partial charge in [-0.1, -0.05) is 12.1 Å². The zero-order chi connectivity index (χ0) is 10.4. The molecule has 0 heterocycles. The van der Waals surface area contributed by atoms with Crippen LogP contribution in [0.25, 0.3) is 0 Å². The third-order valence-corrected chi connectivity index (χ3v) is 2.60. The van der Waals surface area contributed by atoms with E-state index in [-0.39, 0.29) is 5.97 Å². The summed E-state index contributed by atoms with van der Waals surface area (Å²) < 4.78 is 4.86. The molecule has 76 valence electrons. The average molecular weight is 210 g/mol. The number of hydrogen-bond donors (Lipinski definition) is 0. The predicted octanol–water partition coefficient (Wildman–Crippen LogP) is 2.51. The van der Waals surface area contributed by atoms with Gasteiger partial charge in [0.05, 0.1) is 6.61 Å². The van der Waals surface area contributed by atoms with Gasteiger partial charge in [-0.3, -0.25) is 4.79 Å². The molecule has 0 aliphatic rings. The lowest BCUT2D eigenvalue weighted by atomic mass is 10.2. The second kappa shape index (κ2) is 5.70. The van der Waals surface area contributed by atoms with Gasteiger partial charge >= 0.3 is 5.97 Å². The number of carbonyl (C=O) groups is 1. The monoisotopic (exact) mass is 210 g/mol. The maximum Gasteiger partial charge on any atom is 0.302 e. The van der Waals surface area contributed by atoms with Crippen molar-refractivity contribution in [2.45, 2.75) is 18.2 Å². The van der Waals surface area contributed by atoms with E-state index in [1.165, 1.54) is 17.4 Å². The van der Waals surface area contributed by atoms with Crippen LogP contribution in [0.5, 0.6) is 0 Å². The van der Waals surface area contributed by atoms with Crippen LogP contribution in [0.2, 0.25) is 0 Å². The number of thioether (sulfide) groups is 1. The molecule has 1 rings (SSSR count). The first-order valence-corrected chi connectivity index (χ1v) is 5.71. The molecule has 0 fully saturated rings. The van der Waals surface area contributed by atoms with Crippen LogP contribution >= 0.6 is 11.8 Å². The number of benzene rings is 1. The second-order valence-electron chi connectivity index (χ2n) is 2.94. The van der Waals surface area contributed by atoms with Crippen LogP contribution in [-0.2, 0) is 16.0 Å². The lowest BCUT2D eigenvalue weighted by molar-refractivity contribution is -0.140. The summed E-state index contributed by atoms with van der Waals surface area (Å²) in [7, 11) is 0. The molecule has 0 atom stereocenters. The highest BCUT2D eigenvalue weighted by atomic mass is 32.2. The van der Waals surface area contributed by atoms with E-state index in [0.29, 0.717) is 6.61 Å². The van der Waals surface area contributed by atoms with E-state index < -0.39 is 0 Å². The third kappa shape index (κ3) is 3.83. The number of esters is 1. The molecule has 1 aromatic rings. The molecule has 2 nitrogen and oxygen atoms in total. The SMILES string of the molecule is CSc1ccc(CCOC(C)=O)cc1. The Morgan fingerprint density at radius 3 is 2.50 bits per heavy atom. The molecule has 0 bridgehead atoms. The molecule has 0 aromatic heterocycles. The number of hydrogen-bond acceptors (Lipinski definition) is 3. The standard InChI is InChI=1S/C11H14O2S/c1-9(12)13-8-7-10-3-5-11(14-2)6-4-10/h3-6H,7-8H2,1-2H3. The van der Waals surface area contributed by atoms with E-state index in [4.69, 9.17) is 4.74 Å². The van der Waals surface area contributed by atoms with E-state index in [2.05, 4.69) is 24.3 Å². The van der Waals surface area contributed by atoms with Crippen LogP contribution in [0.3, 0.4) is 0 Å². The Hall–Kier alpha value is -0.960. The van der Waals surface area contributed by atoms with Gasteiger partial charge in [0.15, 0.2) is 0 Å². The molecule has 0 spiro atoms. The van der Waals surface area contributed by atoms with Crippen molar-refractivity contribution in [3.8, 4) is 0 Å². The van der Waals surface area contributed by atoms with Gasteiger partial charge in [-0.25, -0.2) is 0 Å². The van der Waals surface area contributed by atoms with Gasteiger partial charge < -0.3 is 4.74 Å². The van der Waals surface area contributed by atoms with Gasteiger partial charge in [-0.05, 0) is 24.0 Å². The van der Waals surface area contributed by atoms with Crippen molar-refractivity contribution < 1.29 is 9.53 Å². The molecular weight excluding hydrogens is 196 g/mol. The molecule has 0 saturated heterocycles. The van der Waals surface area contributed by atoms with Crippen LogP contribution in [-0.4, -0.2) is 18.8 Å². The van der Waals surface area contributed by atoms with E-state index in [0.717, 1.165) is 6.42 Å². The van der Waals surface area contributed by atoms with Crippen LogP contribution in [0, 0.1) is 0 Å². The zero-order valence-electron chi connectivity index (χ0n) is 8.45. The van der Waals surface area contributed by atoms with Gasteiger partial charge in [0.1, 0.15) is 0 Å². The fraction of sp³-hybridized carbons (Fsp3) is 0.364. The van der Waals surface area contributed by atoms with Crippen LogP contribution in [0.4, 0.5) is 0 Å². The van der Waals surface area contributed by atoms with Crippen LogP contribution < -0.4 is 0 Å². The molecule has 1 aromatic carbocycles.